The third-order valence-corrected chi connectivity index (χ3v) is 10.9. The lowest BCUT2D eigenvalue weighted by Gasteiger charge is -2.39. The summed E-state index contributed by atoms with van der Waals surface area (Å²) in [5, 5.41) is 12.5. The largest absolute Gasteiger partial charge is 0.192 e. The smallest absolute Gasteiger partial charge is 0.0991 e. The summed E-state index contributed by atoms with van der Waals surface area (Å²) in [6.45, 7) is 0. The number of nitrogens with zero attached hydrogens (tertiary/aromatic N) is 1. The van der Waals surface area contributed by atoms with Crippen LogP contribution in [0.1, 0.15) is 27.8 Å². The molecule has 0 aromatic heterocycles. The van der Waals surface area contributed by atoms with Gasteiger partial charge < -0.3 is 0 Å². The zero-order valence-corrected chi connectivity index (χ0v) is 25.7. The highest BCUT2D eigenvalue weighted by Crippen LogP contribution is 2.63. The monoisotopic (exact) mass is 609 g/mol. The van der Waals surface area contributed by atoms with E-state index in [-0.39, 0.29) is 0 Å². The average Bonchev–Trinajstić information content (AvgIpc) is 3.38. The molecule has 1 aliphatic carbocycles. The molecule has 0 saturated heterocycles. The van der Waals surface area contributed by atoms with Crippen LogP contribution >= 0.6 is 23.4 Å². The van der Waals surface area contributed by atoms with E-state index in [9.17, 15) is 5.26 Å². The van der Waals surface area contributed by atoms with Gasteiger partial charge in [0.2, 0.25) is 0 Å². The zero-order chi connectivity index (χ0) is 30.1. The molecule has 0 radical (unpaired) electrons. The third kappa shape index (κ3) is 3.69. The fourth-order valence-corrected chi connectivity index (χ4v) is 9.02. The van der Waals surface area contributed by atoms with Crippen molar-refractivity contribution in [3.8, 4) is 39.4 Å². The molecule has 7 aromatic carbocycles. The molecule has 0 bridgehead atoms. The topological polar surface area (TPSA) is 23.8 Å². The number of fused-ring (bicyclic) bond motifs is 10. The van der Waals surface area contributed by atoms with E-state index in [0.717, 1.165) is 16.1 Å². The number of nitriles is 1. The van der Waals surface area contributed by atoms with Crippen LogP contribution in [-0.4, -0.2) is 0 Å². The van der Waals surface area contributed by atoms with E-state index in [0.29, 0.717) is 5.56 Å². The summed E-state index contributed by atoms with van der Waals surface area (Å²) in [5.41, 5.74) is 12.5. The molecule has 7 aromatic rings. The summed E-state index contributed by atoms with van der Waals surface area (Å²) in [6.07, 6.45) is 0. The molecular formula is C42H24ClNS. The molecule has 3 heteroatoms. The first-order chi connectivity index (χ1) is 22.2. The van der Waals surface area contributed by atoms with Crippen molar-refractivity contribution >= 4 is 34.1 Å². The van der Waals surface area contributed by atoms with Gasteiger partial charge in [0.1, 0.15) is 0 Å². The third-order valence-electron chi connectivity index (χ3n) is 9.46. The molecule has 0 atom stereocenters. The molecule has 0 fully saturated rings. The molecule has 1 spiro atoms. The van der Waals surface area contributed by atoms with Crippen LogP contribution in [0.5, 0.6) is 0 Å². The second kappa shape index (κ2) is 9.98. The fourth-order valence-electron chi connectivity index (χ4n) is 7.65. The lowest BCUT2D eigenvalue weighted by molar-refractivity contribution is 0.722. The number of hydrogen-bond donors (Lipinski definition) is 0. The molecular weight excluding hydrogens is 586 g/mol. The van der Waals surface area contributed by atoms with Crippen LogP contribution in [0.2, 0.25) is 5.02 Å². The van der Waals surface area contributed by atoms with Gasteiger partial charge in [-0.15, -0.1) is 0 Å². The first-order valence-corrected chi connectivity index (χ1v) is 16.2. The summed E-state index contributed by atoms with van der Waals surface area (Å²) in [7, 11) is 0. The number of rotatable bonds is 2. The van der Waals surface area contributed by atoms with Crippen LogP contribution in [0, 0.1) is 11.3 Å². The minimum Gasteiger partial charge on any atom is -0.192 e. The van der Waals surface area contributed by atoms with Crippen molar-refractivity contribution in [1.82, 2.24) is 0 Å². The normalized spacial score (nSPS) is 13.5. The van der Waals surface area contributed by atoms with E-state index < -0.39 is 5.41 Å². The minimum atomic E-state index is -0.484. The molecule has 1 heterocycles. The van der Waals surface area contributed by atoms with E-state index in [1.54, 1.807) is 0 Å². The van der Waals surface area contributed by atoms with Crippen LogP contribution in [-0.2, 0) is 5.41 Å². The quantitative estimate of drug-likeness (QED) is 0.195. The van der Waals surface area contributed by atoms with Crippen molar-refractivity contribution in [2.45, 2.75) is 15.2 Å². The van der Waals surface area contributed by atoms with E-state index in [1.165, 1.54) is 65.1 Å². The maximum absolute atomic E-state index is 9.34. The highest BCUT2D eigenvalue weighted by Gasteiger charge is 2.50. The van der Waals surface area contributed by atoms with Gasteiger partial charge in [0.15, 0.2) is 0 Å². The van der Waals surface area contributed by atoms with Crippen molar-refractivity contribution < 1.29 is 0 Å². The van der Waals surface area contributed by atoms with Crippen LogP contribution < -0.4 is 0 Å². The Hall–Kier alpha value is -5.07. The van der Waals surface area contributed by atoms with Gasteiger partial charge in [-0.3, -0.25) is 0 Å². The standard InChI is InChI=1S/C42H24ClNS/c43-28-20-21-34-38(24-28)42(35-11-3-5-14-39(35)45-40-15-6-4-12-36(40)42)37-13-7-10-33(41(34)37)32-23-22-29(30-8-1-2-9-31(30)32)27-18-16-26(25-44)17-19-27/h1-24H. The van der Waals surface area contributed by atoms with Crippen LogP contribution in [0.4, 0.5) is 0 Å². The first-order valence-electron chi connectivity index (χ1n) is 15.0. The Labute approximate surface area is 271 Å². The summed E-state index contributed by atoms with van der Waals surface area (Å²) in [4.78, 5) is 2.55. The van der Waals surface area contributed by atoms with Gasteiger partial charge in [0, 0.05) is 14.8 Å². The van der Waals surface area contributed by atoms with Gasteiger partial charge in [-0.2, -0.15) is 5.26 Å². The molecule has 1 aliphatic heterocycles. The maximum atomic E-state index is 9.34. The first kappa shape index (κ1) is 26.3. The Kier molecular flexibility index (Phi) is 5.84. The Morgan fingerprint density at radius 3 is 1.82 bits per heavy atom. The van der Waals surface area contributed by atoms with Crippen molar-refractivity contribution in [3.05, 3.63) is 178 Å². The van der Waals surface area contributed by atoms with Crippen LogP contribution in [0.25, 0.3) is 44.2 Å². The Bertz CT molecular complexity index is 2340. The Morgan fingerprint density at radius 1 is 0.511 bits per heavy atom. The van der Waals surface area contributed by atoms with Gasteiger partial charge in [-0.05, 0) is 103 Å². The number of benzene rings is 7. The second-order valence-electron chi connectivity index (χ2n) is 11.7. The van der Waals surface area contributed by atoms with Gasteiger partial charge in [-0.25, -0.2) is 0 Å². The van der Waals surface area contributed by atoms with Crippen molar-refractivity contribution in [2.75, 3.05) is 0 Å². The molecule has 0 N–H and O–H groups in total. The summed E-state index contributed by atoms with van der Waals surface area (Å²) >= 11 is 8.68. The maximum Gasteiger partial charge on any atom is 0.0991 e. The molecule has 0 saturated carbocycles. The predicted molar refractivity (Wildman–Crippen MR) is 186 cm³/mol. The van der Waals surface area contributed by atoms with Crippen molar-refractivity contribution in [3.63, 3.8) is 0 Å². The van der Waals surface area contributed by atoms with Gasteiger partial charge >= 0.3 is 0 Å². The highest BCUT2D eigenvalue weighted by molar-refractivity contribution is 7.99. The van der Waals surface area contributed by atoms with Crippen molar-refractivity contribution in [1.29, 1.82) is 5.26 Å². The summed E-state index contributed by atoms with van der Waals surface area (Å²) in [5.74, 6) is 0. The number of hydrogen-bond acceptors (Lipinski definition) is 2. The zero-order valence-electron chi connectivity index (χ0n) is 24.1. The highest BCUT2D eigenvalue weighted by atomic mass is 35.5. The summed E-state index contributed by atoms with van der Waals surface area (Å²) < 4.78 is 0. The predicted octanol–water partition coefficient (Wildman–Crippen LogP) is 11.5. The van der Waals surface area contributed by atoms with Gasteiger partial charge in [0.25, 0.3) is 0 Å². The molecule has 0 unspecified atom stereocenters. The molecule has 210 valence electrons. The molecule has 1 nitrogen and oxygen atoms in total. The van der Waals surface area contributed by atoms with E-state index in [4.69, 9.17) is 11.6 Å². The molecule has 2 aliphatic rings. The van der Waals surface area contributed by atoms with Crippen molar-refractivity contribution in [2.24, 2.45) is 0 Å². The second-order valence-corrected chi connectivity index (χ2v) is 13.2. The average molecular weight is 610 g/mol. The van der Waals surface area contributed by atoms with Crippen LogP contribution in [0.3, 0.4) is 0 Å². The Morgan fingerprint density at radius 2 is 1.11 bits per heavy atom. The molecule has 9 rings (SSSR count). The lowest BCUT2D eigenvalue weighted by atomic mass is 9.67. The van der Waals surface area contributed by atoms with E-state index >= 15 is 0 Å². The molecule has 45 heavy (non-hydrogen) atoms. The number of halogens is 1. The molecule has 0 amide bonds. The SMILES string of the molecule is N#Cc1ccc(-c2ccc(-c3cccc4c3-c3ccc(Cl)cc3C43c4ccccc4Sc4ccccc43)c3ccccc23)cc1. The van der Waals surface area contributed by atoms with E-state index in [1.807, 2.05) is 42.1 Å². The van der Waals surface area contributed by atoms with Gasteiger partial charge in [-0.1, -0.05) is 133 Å². The van der Waals surface area contributed by atoms with E-state index in [2.05, 4.69) is 121 Å². The lowest BCUT2D eigenvalue weighted by Crippen LogP contribution is -2.31. The Balaban J connectivity index is 1.37. The minimum absolute atomic E-state index is 0.484. The van der Waals surface area contributed by atoms with Gasteiger partial charge in [0.05, 0.1) is 17.0 Å². The fraction of sp³-hybridized carbons (Fsp3) is 0.0238. The van der Waals surface area contributed by atoms with Crippen LogP contribution in [0.15, 0.2) is 155 Å². The summed E-state index contributed by atoms with van der Waals surface area (Å²) in [6, 6.07) is 54.2.